The number of aryl methyl sites for hydroxylation is 1. The van der Waals surface area contributed by atoms with E-state index < -0.39 is 12.0 Å². The van der Waals surface area contributed by atoms with Gasteiger partial charge in [0.2, 0.25) is 0 Å². The van der Waals surface area contributed by atoms with Crippen LogP contribution in [0.3, 0.4) is 0 Å². The molecule has 1 unspecified atom stereocenters. The Labute approximate surface area is 95.8 Å². The van der Waals surface area contributed by atoms with Crippen molar-refractivity contribution in [3.05, 3.63) is 26.5 Å². The number of azide groups is 1. The maximum Gasteiger partial charge on any atom is 0.326 e. The maximum absolute atomic E-state index is 11.0. The van der Waals surface area contributed by atoms with Crippen LogP contribution in [0.15, 0.2) is 10.6 Å². The smallest absolute Gasteiger partial charge is 0.326 e. The van der Waals surface area contributed by atoms with Gasteiger partial charge in [-0.2, -0.15) is 0 Å². The number of aliphatic carboxylic acids is 1. The molecular formula is C8H11N5O2S. The van der Waals surface area contributed by atoms with Gasteiger partial charge in [0.25, 0.3) is 0 Å². The standard InChI is InChI=1S/C8H11N5O2S/c1-5-7(16-4-11-5)6(8(14)15)10-2-3-12-13-9/h4,6,10H,2-3H2,1H3,(H,14,15). The minimum Gasteiger partial charge on any atom is -0.480 e. The first kappa shape index (κ1) is 12.4. The second-order valence-electron chi connectivity index (χ2n) is 2.98. The van der Waals surface area contributed by atoms with E-state index in [1.807, 2.05) is 0 Å². The molecule has 1 rings (SSSR count). The Morgan fingerprint density at radius 3 is 3.12 bits per heavy atom. The first-order valence-corrected chi connectivity index (χ1v) is 5.41. The summed E-state index contributed by atoms with van der Waals surface area (Å²) in [5.74, 6) is -0.965. The second-order valence-corrected chi connectivity index (χ2v) is 3.87. The Balaban J connectivity index is 2.65. The van der Waals surface area contributed by atoms with Gasteiger partial charge in [-0.3, -0.25) is 10.1 Å². The molecule has 1 aromatic heterocycles. The molecule has 0 saturated heterocycles. The highest BCUT2D eigenvalue weighted by molar-refractivity contribution is 7.10. The molecule has 0 radical (unpaired) electrons. The Hall–Kier alpha value is -1.63. The van der Waals surface area contributed by atoms with Crippen LogP contribution in [0.25, 0.3) is 10.4 Å². The minimum atomic E-state index is -0.965. The Bertz CT molecular complexity index is 412. The molecule has 1 aromatic rings. The van der Waals surface area contributed by atoms with Crippen LogP contribution in [0.5, 0.6) is 0 Å². The van der Waals surface area contributed by atoms with Crippen molar-refractivity contribution in [1.29, 1.82) is 0 Å². The van der Waals surface area contributed by atoms with Crippen LogP contribution in [0, 0.1) is 6.92 Å². The molecular weight excluding hydrogens is 230 g/mol. The van der Waals surface area contributed by atoms with Crippen molar-refractivity contribution >= 4 is 17.3 Å². The molecule has 2 N–H and O–H groups in total. The molecule has 0 spiro atoms. The molecule has 0 aromatic carbocycles. The molecule has 0 bridgehead atoms. The average molecular weight is 241 g/mol. The summed E-state index contributed by atoms with van der Waals surface area (Å²) in [7, 11) is 0. The molecule has 1 heterocycles. The van der Waals surface area contributed by atoms with Gasteiger partial charge >= 0.3 is 5.97 Å². The predicted molar refractivity (Wildman–Crippen MR) is 59.2 cm³/mol. The van der Waals surface area contributed by atoms with Gasteiger partial charge in [-0.15, -0.1) is 11.3 Å². The zero-order valence-corrected chi connectivity index (χ0v) is 9.44. The third-order valence-corrected chi connectivity index (χ3v) is 2.91. The number of thiazole rings is 1. The summed E-state index contributed by atoms with van der Waals surface area (Å²) < 4.78 is 0. The fraction of sp³-hybridized carbons (Fsp3) is 0.500. The lowest BCUT2D eigenvalue weighted by Gasteiger charge is -2.12. The van der Waals surface area contributed by atoms with E-state index in [2.05, 4.69) is 20.3 Å². The predicted octanol–water partition coefficient (Wildman–Crippen LogP) is 1.48. The van der Waals surface area contributed by atoms with Gasteiger partial charge in [-0.05, 0) is 12.5 Å². The van der Waals surface area contributed by atoms with E-state index in [0.717, 1.165) is 0 Å². The van der Waals surface area contributed by atoms with Gasteiger partial charge in [-0.1, -0.05) is 5.11 Å². The minimum absolute atomic E-state index is 0.220. The Kier molecular flexibility index (Phi) is 4.71. The summed E-state index contributed by atoms with van der Waals surface area (Å²) in [5, 5.41) is 15.2. The van der Waals surface area contributed by atoms with Gasteiger partial charge in [-0.25, -0.2) is 4.98 Å². The fourth-order valence-electron chi connectivity index (χ4n) is 1.18. The highest BCUT2D eigenvalue weighted by Crippen LogP contribution is 2.21. The van der Waals surface area contributed by atoms with Crippen LogP contribution >= 0.6 is 11.3 Å². The summed E-state index contributed by atoms with van der Waals surface area (Å²) >= 11 is 1.29. The zero-order valence-electron chi connectivity index (χ0n) is 8.62. The van der Waals surface area contributed by atoms with E-state index in [-0.39, 0.29) is 6.54 Å². The molecule has 0 fully saturated rings. The van der Waals surface area contributed by atoms with Crippen LogP contribution in [0.2, 0.25) is 0 Å². The van der Waals surface area contributed by atoms with Crippen LogP contribution in [0.1, 0.15) is 16.6 Å². The van der Waals surface area contributed by atoms with Gasteiger partial charge in [0.15, 0.2) is 0 Å². The molecule has 8 heteroatoms. The number of hydrogen-bond acceptors (Lipinski definition) is 5. The summed E-state index contributed by atoms with van der Waals surface area (Å²) in [4.78, 5) is 18.3. The topological polar surface area (TPSA) is 111 Å². The number of nitrogens with one attached hydrogen (secondary N) is 1. The van der Waals surface area contributed by atoms with E-state index in [1.54, 1.807) is 12.4 Å². The quantitative estimate of drug-likeness (QED) is 0.340. The number of nitrogens with zero attached hydrogens (tertiary/aromatic N) is 4. The highest BCUT2D eigenvalue weighted by atomic mass is 32.1. The van der Waals surface area contributed by atoms with Crippen molar-refractivity contribution in [2.45, 2.75) is 13.0 Å². The van der Waals surface area contributed by atoms with Crippen molar-refractivity contribution in [2.24, 2.45) is 5.11 Å². The monoisotopic (exact) mass is 241 g/mol. The lowest BCUT2D eigenvalue weighted by molar-refractivity contribution is -0.139. The van der Waals surface area contributed by atoms with Crippen molar-refractivity contribution in [2.75, 3.05) is 13.1 Å². The molecule has 0 aliphatic rings. The van der Waals surface area contributed by atoms with E-state index in [1.165, 1.54) is 11.3 Å². The molecule has 1 atom stereocenters. The van der Waals surface area contributed by atoms with Crippen molar-refractivity contribution in [1.82, 2.24) is 10.3 Å². The number of carboxylic acid groups (broad SMARTS) is 1. The van der Waals surface area contributed by atoms with Gasteiger partial charge in [0.1, 0.15) is 6.04 Å². The lowest BCUT2D eigenvalue weighted by Crippen LogP contribution is -2.30. The molecule has 0 aliphatic carbocycles. The molecule has 7 nitrogen and oxygen atoms in total. The molecule has 0 saturated carbocycles. The van der Waals surface area contributed by atoms with Crippen LogP contribution in [-0.4, -0.2) is 29.1 Å². The van der Waals surface area contributed by atoms with Gasteiger partial charge < -0.3 is 5.11 Å². The maximum atomic E-state index is 11.0. The SMILES string of the molecule is Cc1ncsc1C(NCCN=[N+]=[N-])C(=O)O. The summed E-state index contributed by atoms with van der Waals surface area (Å²) in [5.41, 5.74) is 10.4. The number of carboxylic acids is 1. The highest BCUT2D eigenvalue weighted by Gasteiger charge is 2.22. The normalized spacial score (nSPS) is 11.8. The number of hydrogen-bond donors (Lipinski definition) is 2. The first-order chi connectivity index (χ1) is 7.66. The summed E-state index contributed by atoms with van der Waals surface area (Å²) in [6.07, 6.45) is 0. The summed E-state index contributed by atoms with van der Waals surface area (Å²) in [6.45, 7) is 2.30. The second kappa shape index (κ2) is 6.06. The van der Waals surface area contributed by atoms with Crippen molar-refractivity contribution in [3.63, 3.8) is 0 Å². The number of rotatable bonds is 6. The number of carbonyl (C=O) groups is 1. The summed E-state index contributed by atoms with van der Waals surface area (Å²) in [6, 6.07) is -0.790. The van der Waals surface area contributed by atoms with Crippen molar-refractivity contribution in [3.8, 4) is 0 Å². The number of aromatic nitrogens is 1. The van der Waals surface area contributed by atoms with Gasteiger partial charge in [0, 0.05) is 18.0 Å². The molecule has 0 amide bonds. The van der Waals surface area contributed by atoms with E-state index in [4.69, 9.17) is 10.6 Å². The third-order valence-electron chi connectivity index (χ3n) is 1.92. The van der Waals surface area contributed by atoms with Crippen LogP contribution in [0.4, 0.5) is 0 Å². The Morgan fingerprint density at radius 2 is 2.62 bits per heavy atom. The van der Waals surface area contributed by atoms with Crippen LogP contribution in [-0.2, 0) is 4.79 Å². The van der Waals surface area contributed by atoms with E-state index in [9.17, 15) is 4.79 Å². The zero-order chi connectivity index (χ0) is 12.0. The largest absolute Gasteiger partial charge is 0.480 e. The average Bonchev–Trinajstić information content (AvgIpc) is 2.64. The Morgan fingerprint density at radius 1 is 1.88 bits per heavy atom. The van der Waals surface area contributed by atoms with E-state index in [0.29, 0.717) is 17.1 Å². The lowest BCUT2D eigenvalue weighted by atomic mass is 10.2. The third kappa shape index (κ3) is 3.20. The van der Waals surface area contributed by atoms with Crippen LogP contribution < -0.4 is 5.32 Å². The molecule has 16 heavy (non-hydrogen) atoms. The van der Waals surface area contributed by atoms with Gasteiger partial charge in [0.05, 0.1) is 16.1 Å². The fourth-order valence-corrected chi connectivity index (χ4v) is 2.05. The first-order valence-electron chi connectivity index (χ1n) is 4.54. The van der Waals surface area contributed by atoms with Crippen molar-refractivity contribution < 1.29 is 9.90 Å². The molecule has 0 aliphatic heterocycles. The van der Waals surface area contributed by atoms with E-state index >= 15 is 0 Å². The molecule has 86 valence electrons.